The van der Waals surface area contributed by atoms with E-state index in [1.807, 2.05) is 29.1 Å². The van der Waals surface area contributed by atoms with Crippen LogP contribution in [0.2, 0.25) is 5.02 Å². The fourth-order valence-electron chi connectivity index (χ4n) is 2.07. The minimum atomic E-state index is -0.390. The first-order valence-electron chi connectivity index (χ1n) is 6.86. The topological polar surface area (TPSA) is 77.7 Å². The Morgan fingerprint density at radius 2 is 1.82 bits per heavy atom. The van der Waals surface area contributed by atoms with Crippen molar-refractivity contribution in [3.8, 4) is 5.69 Å². The van der Waals surface area contributed by atoms with Gasteiger partial charge in [-0.1, -0.05) is 11.6 Å². The summed E-state index contributed by atoms with van der Waals surface area (Å²) in [5.74, 6) is 0. The maximum atomic E-state index is 12.2. The molecule has 0 spiro atoms. The molecule has 0 saturated carbocycles. The van der Waals surface area contributed by atoms with Crippen LogP contribution in [0.5, 0.6) is 0 Å². The first kappa shape index (κ1) is 16.4. The Labute approximate surface area is 133 Å². The minimum absolute atomic E-state index is 0.152. The summed E-state index contributed by atoms with van der Waals surface area (Å²) in [4.78, 5) is 13.6. The van der Waals surface area contributed by atoms with Crippen LogP contribution in [0.3, 0.4) is 0 Å². The molecule has 7 heteroatoms. The molecule has 1 aromatic heterocycles. The van der Waals surface area contributed by atoms with E-state index in [4.69, 9.17) is 21.8 Å². The Morgan fingerprint density at radius 1 is 1.18 bits per heavy atom. The van der Waals surface area contributed by atoms with E-state index in [-0.39, 0.29) is 32.3 Å². The molecule has 0 aliphatic rings. The molecule has 22 heavy (non-hydrogen) atoms. The number of hydrogen-bond acceptors (Lipinski definition) is 3. The molecular formula is C15H18ClN3O3. The molecule has 0 aliphatic carbocycles. The molecule has 1 heterocycles. The number of anilines is 1. The van der Waals surface area contributed by atoms with Crippen molar-refractivity contribution >= 4 is 23.3 Å². The number of hydrogen-bond donors (Lipinski definition) is 3. The summed E-state index contributed by atoms with van der Waals surface area (Å²) in [6.45, 7) is -0.0331. The molecule has 2 amide bonds. The second kappa shape index (κ2) is 7.84. The van der Waals surface area contributed by atoms with E-state index in [2.05, 4.69) is 5.32 Å². The Kier molecular flexibility index (Phi) is 5.83. The number of aromatic nitrogens is 1. The van der Waals surface area contributed by atoms with Gasteiger partial charge in [-0.3, -0.25) is 0 Å². The predicted molar refractivity (Wildman–Crippen MR) is 85.5 cm³/mol. The van der Waals surface area contributed by atoms with Gasteiger partial charge in [0.15, 0.2) is 0 Å². The highest BCUT2D eigenvalue weighted by Gasteiger charge is 2.15. The number of amides is 2. The van der Waals surface area contributed by atoms with Gasteiger partial charge in [0, 0.05) is 30.5 Å². The highest BCUT2D eigenvalue weighted by Crippen LogP contribution is 2.25. The number of halogens is 1. The first-order valence-corrected chi connectivity index (χ1v) is 7.24. The number of rotatable bonds is 6. The quantitative estimate of drug-likeness (QED) is 0.760. The summed E-state index contributed by atoms with van der Waals surface area (Å²) in [5, 5.41) is 21.3. The summed E-state index contributed by atoms with van der Waals surface area (Å²) in [7, 11) is 0. The van der Waals surface area contributed by atoms with Crippen LogP contribution in [0, 0.1) is 0 Å². The van der Waals surface area contributed by atoms with Gasteiger partial charge in [0.25, 0.3) is 0 Å². The summed E-state index contributed by atoms with van der Waals surface area (Å²) in [6.07, 6.45) is 3.70. The third-order valence-corrected chi connectivity index (χ3v) is 3.35. The molecule has 2 rings (SSSR count). The third-order valence-electron chi connectivity index (χ3n) is 3.11. The Hall–Kier alpha value is -2.02. The van der Waals surface area contributed by atoms with Crippen LogP contribution >= 0.6 is 11.6 Å². The summed E-state index contributed by atoms with van der Waals surface area (Å²) < 4.78 is 1.84. The number of aliphatic hydroxyl groups is 2. The van der Waals surface area contributed by atoms with Crippen LogP contribution in [-0.4, -0.2) is 52.0 Å². The van der Waals surface area contributed by atoms with Crippen molar-refractivity contribution in [2.75, 3.05) is 31.6 Å². The fourth-order valence-corrected chi connectivity index (χ4v) is 2.24. The van der Waals surface area contributed by atoms with E-state index >= 15 is 0 Å². The predicted octanol–water partition coefficient (Wildman–Crippen LogP) is 1.95. The van der Waals surface area contributed by atoms with E-state index in [9.17, 15) is 4.79 Å². The van der Waals surface area contributed by atoms with Gasteiger partial charge in [0.05, 0.1) is 24.6 Å². The molecular weight excluding hydrogens is 306 g/mol. The van der Waals surface area contributed by atoms with Gasteiger partial charge >= 0.3 is 6.03 Å². The molecule has 0 unspecified atom stereocenters. The van der Waals surface area contributed by atoms with E-state index < -0.39 is 0 Å². The van der Waals surface area contributed by atoms with Crippen molar-refractivity contribution in [1.82, 2.24) is 9.47 Å². The normalized spacial score (nSPS) is 10.5. The largest absolute Gasteiger partial charge is 0.395 e. The van der Waals surface area contributed by atoms with E-state index in [0.29, 0.717) is 10.7 Å². The van der Waals surface area contributed by atoms with Crippen LogP contribution in [0.1, 0.15) is 0 Å². The van der Waals surface area contributed by atoms with E-state index in [1.54, 1.807) is 18.2 Å². The maximum absolute atomic E-state index is 12.2. The molecule has 2 aromatic rings. The van der Waals surface area contributed by atoms with Crippen LogP contribution in [0.15, 0.2) is 42.7 Å². The van der Waals surface area contributed by atoms with Gasteiger partial charge in [-0.15, -0.1) is 0 Å². The smallest absolute Gasteiger partial charge is 0.322 e. The highest BCUT2D eigenvalue weighted by atomic mass is 35.5. The Balaban J connectivity index is 2.23. The van der Waals surface area contributed by atoms with Gasteiger partial charge in [-0.2, -0.15) is 0 Å². The van der Waals surface area contributed by atoms with Crippen molar-refractivity contribution in [2.45, 2.75) is 0 Å². The Bertz CT molecular complexity index is 611. The molecule has 0 saturated heterocycles. The third kappa shape index (κ3) is 4.00. The number of benzene rings is 1. The average molecular weight is 324 g/mol. The zero-order valence-corrected chi connectivity index (χ0v) is 12.7. The van der Waals surface area contributed by atoms with Crippen LogP contribution in [0.4, 0.5) is 10.5 Å². The molecule has 0 radical (unpaired) electrons. The number of carbonyl (C=O) groups excluding carboxylic acids is 1. The molecule has 0 aliphatic heterocycles. The van der Waals surface area contributed by atoms with Crippen molar-refractivity contribution in [3.05, 3.63) is 47.7 Å². The second-order valence-electron chi connectivity index (χ2n) is 4.62. The fraction of sp³-hybridized carbons (Fsp3) is 0.267. The number of aliphatic hydroxyl groups excluding tert-OH is 2. The summed E-state index contributed by atoms with van der Waals surface area (Å²) in [6, 6.07) is 8.50. The number of nitrogens with one attached hydrogen (secondary N) is 1. The first-order chi connectivity index (χ1) is 10.7. The lowest BCUT2D eigenvalue weighted by Crippen LogP contribution is -2.39. The van der Waals surface area contributed by atoms with E-state index in [0.717, 1.165) is 5.69 Å². The van der Waals surface area contributed by atoms with Gasteiger partial charge < -0.3 is 25.0 Å². The monoisotopic (exact) mass is 323 g/mol. The summed E-state index contributed by atoms with van der Waals surface area (Å²) >= 11 is 6.03. The zero-order valence-electron chi connectivity index (χ0n) is 11.9. The highest BCUT2D eigenvalue weighted by molar-refractivity contribution is 6.30. The Morgan fingerprint density at radius 3 is 2.41 bits per heavy atom. The lowest BCUT2D eigenvalue weighted by atomic mass is 10.2. The average Bonchev–Trinajstić information content (AvgIpc) is 3.03. The second-order valence-corrected chi connectivity index (χ2v) is 5.05. The standard InChI is InChI=1S/C15H18ClN3O3/c16-12-3-4-13(14(11-12)18-5-1-2-6-18)17-15(22)19(7-9-20)8-10-21/h1-6,11,20-21H,7-10H2,(H,17,22). The zero-order chi connectivity index (χ0) is 15.9. The van der Waals surface area contributed by atoms with Gasteiger partial charge in [0.2, 0.25) is 0 Å². The van der Waals surface area contributed by atoms with E-state index in [1.165, 1.54) is 4.90 Å². The number of carbonyl (C=O) groups is 1. The molecule has 0 atom stereocenters. The van der Waals surface area contributed by atoms with Gasteiger partial charge in [-0.05, 0) is 30.3 Å². The van der Waals surface area contributed by atoms with Crippen LogP contribution in [-0.2, 0) is 0 Å². The van der Waals surface area contributed by atoms with Crippen molar-refractivity contribution in [2.24, 2.45) is 0 Å². The maximum Gasteiger partial charge on any atom is 0.322 e. The van der Waals surface area contributed by atoms with Crippen molar-refractivity contribution < 1.29 is 15.0 Å². The molecule has 1 aromatic carbocycles. The number of nitrogens with zero attached hydrogens (tertiary/aromatic N) is 2. The van der Waals surface area contributed by atoms with Crippen LogP contribution in [0.25, 0.3) is 5.69 Å². The van der Waals surface area contributed by atoms with Crippen LogP contribution < -0.4 is 5.32 Å². The molecule has 3 N–H and O–H groups in total. The SMILES string of the molecule is O=C(Nc1ccc(Cl)cc1-n1cccc1)N(CCO)CCO. The molecule has 0 fully saturated rings. The lowest BCUT2D eigenvalue weighted by molar-refractivity contribution is 0.167. The molecule has 0 bridgehead atoms. The van der Waals surface area contributed by atoms with Gasteiger partial charge in [0.1, 0.15) is 0 Å². The number of urea groups is 1. The minimum Gasteiger partial charge on any atom is -0.395 e. The van der Waals surface area contributed by atoms with Crippen molar-refractivity contribution in [3.63, 3.8) is 0 Å². The molecule has 6 nitrogen and oxygen atoms in total. The van der Waals surface area contributed by atoms with Gasteiger partial charge in [-0.25, -0.2) is 4.79 Å². The molecule has 118 valence electrons. The lowest BCUT2D eigenvalue weighted by Gasteiger charge is -2.22. The summed E-state index contributed by atoms with van der Waals surface area (Å²) in [5.41, 5.74) is 1.32. The van der Waals surface area contributed by atoms with Crippen molar-refractivity contribution in [1.29, 1.82) is 0 Å².